The van der Waals surface area contributed by atoms with Gasteiger partial charge in [0.15, 0.2) is 5.76 Å². The number of nitrogens with zero attached hydrogens (tertiary/aromatic N) is 1. The minimum Gasteiger partial charge on any atom is -0.354 e. The van der Waals surface area contributed by atoms with Gasteiger partial charge in [-0.05, 0) is 48.7 Å². The minimum absolute atomic E-state index is 0.183. The van der Waals surface area contributed by atoms with E-state index in [1.54, 1.807) is 43.3 Å². The van der Waals surface area contributed by atoms with Crippen LogP contribution in [0.3, 0.4) is 0 Å². The number of hydrogen-bond acceptors (Lipinski definition) is 5. The number of nitrogens with one attached hydrogen (secondary N) is 2. The van der Waals surface area contributed by atoms with Crippen molar-refractivity contribution in [1.29, 1.82) is 0 Å². The van der Waals surface area contributed by atoms with Crippen LogP contribution in [-0.2, 0) is 21.4 Å². The Hall–Kier alpha value is -3.23. The number of anilines is 1. The summed E-state index contributed by atoms with van der Waals surface area (Å²) < 4.78 is 33.0. The molecule has 2 aromatic carbocycles. The summed E-state index contributed by atoms with van der Waals surface area (Å²) in [7, 11) is -3.63. The molecule has 0 aliphatic carbocycles. The number of sulfonamides is 1. The number of carbonyl (C=O) groups excluding carboxylic acids is 1. The van der Waals surface area contributed by atoms with E-state index in [2.05, 4.69) is 15.2 Å². The average Bonchev–Trinajstić information content (AvgIpc) is 3.05. The largest absolute Gasteiger partial charge is 0.354 e. The van der Waals surface area contributed by atoms with Gasteiger partial charge in [0.05, 0.1) is 4.90 Å². The Balaban J connectivity index is 1.71. The molecule has 0 aliphatic heterocycles. The SMILES string of the molecule is CC(=O)Nc1c(C)noc1/C=C\c1ccc(S(=O)(=O)NCc2ccccc2C)cc1. The van der Waals surface area contributed by atoms with Crippen LogP contribution in [-0.4, -0.2) is 19.5 Å². The summed E-state index contributed by atoms with van der Waals surface area (Å²) >= 11 is 0. The first-order chi connectivity index (χ1) is 14.3. The van der Waals surface area contributed by atoms with Gasteiger partial charge in [-0.3, -0.25) is 4.79 Å². The molecule has 3 rings (SSSR count). The normalized spacial score (nSPS) is 11.7. The van der Waals surface area contributed by atoms with E-state index in [9.17, 15) is 13.2 Å². The third kappa shape index (κ3) is 5.22. The summed E-state index contributed by atoms with van der Waals surface area (Å²) in [5, 5.41) is 6.54. The van der Waals surface area contributed by atoms with Gasteiger partial charge in [-0.1, -0.05) is 47.6 Å². The smallest absolute Gasteiger partial charge is 0.240 e. The van der Waals surface area contributed by atoms with Gasteiger partial charge in [-0.15, -0.1) is 0 Å². The maximum absolute atomic E-state index is 12.6. The van der Waals surface area contributed by atoms with Crippen molar-refractivity contribution in [3.8, 4) is 0 Å². The van der Waals surface area contributed by atoms with Crippen LogP contribution in [0.5, 0.6) is 0 Å². The molecule has 30 heavy (non-hydrogen) atoms. The molecular weight excluding hydrogens is 402 g/mol. The number of hydrogen-bond donors (Lipinski definition) is 2. The second-order valence-corrected chi connectivity index (χ2v) is 8.61. The lowest BCUT2D eigenvalue weighted by Crippen LogP contribution is -2.23. The average molecular weight is 426 g/mol. The number of aromatic nitrogens is 1. The lowest BCUT2D eigenvalue weighted by Gasteiger charge is -2.09. The highest BCUT2D eigenvalue weighted by Crippen LogP contribution is 2.23. The molecule has 156 valence electrons. The van der Waals surface area contributed by atoms with Crippen LogP contribution in [0.15, 0.2) is 57.9 Å². The van der Waals surface area contributed by atoms with Crippen molar-refractivity contribution >= 4 is 33.8 Å². The lowest BCUT2D eigenvalue weighted by atomic mass is 10.1. The van der Waals surface area contributed by atoms with Crippen molar-refractivity contribution in [1.82, 2.24) is 9.88 Å². The number of amides is 1. The molecule has 0 radical (unpaired) electrons. The molecule has 0 aliphatic rings. The quantitative estimate of drug-likeness (QED) is 0.598. The molecule has 1 heterocycles. The van der Waals surface area contributed by atoms with E-state index in [1.165, 1.54) is 6.92 Å². The van der Waals surface area contributed by atoms with Gasteiger partial charge in [-0.25, -0.2) is 13.1 Å². The van der Waals surface area contributed by atoms with Crippen LogP contribution in [0.2, 0.25) is 0 Å². The van der Waals surface area contributed by atoms with Crippen LogP contribution >= 0.6 is 0 Å². The van der Waals surface area contributed by atoms with Gasteiger partial charge in [-0.2, -0.15) is 0 Å². The number of aryl methyl sites for hydroxylation is 2. The molecule has 7 nitrogen and oxygen atoms in total. The fraction of sp³-hybridized carbons (Fsp3) is 0.182. The Morgan fingerprint density at radius 2 is 1.77 bits per heavy atom. The van der Waals surface area contributed by atoms with Crippen LogP contribution in [0.4, 0.5) is 5.69 Å². The van der Waals surface area contributed by atoms with Gasteiger partial charge < -0.3 is 9.84 Å². The molecule has 0 spiro atoms. The fourth-order valence-electron chi connectivity index (χ4n) is 2.82. The predicted molar refractivity (Wildman–Crippen MR) is 116 cm³/mol. The third-order valence-corrected chi connectivity index (χ3v) is 5.94. The maximum Gasteiger partial charge on any atom is 0.240 e. The minimum atomic E-state index is -3.63. The molecular formula is C22H23N3O4S. The van der Waals surface area contributed by atoms with E-state index < -0.39 is 10.0 Å². The number of carbonyl (C=O) groups is 1. The first-order valence-electron chi connectivity index (χ1n) is 9.32. The summed E-state index contributed by atoms with van der Waals surface area (Å²) in [6, 6.07) is 14.1. The van der Waals surface area contributed by atoms with E-state index in [0.29, 0.717) is 17.1 Å². The summed E-state index contributed by atoms with van der Waals surface area (Å²) in [5.41, 5.74) is 3.82. The molecule has 0 atom stereocenters. The second-order valence-electron chi connectivity index (χ2n) is 6.84. The van der Waals surface area contributed by atoms with E-state index in [-0.39, 0.29) is 17.3 Å². The zero-order valence-electron chi connectivity index (χ0n) is 17.0. The number of benzene rings is 2. The molecule has 0 fully saturated rings. The Kier molecular flexibility index (Phi) is 6.49. The monoisotopic (exact) mass is 425 g/mol. The molecule has 1 aromatic heterocycles. The van der Waals surface area contributed by atoms with Crippen molar-refractivity contribution in [3.05, 3.63) is 76.7 Å². The number of rotatable bonds is 7. The zero-order chi connectivity index (χ0) is 21.7. The second kappa shape index (κ2) is 9.06. The van der Waals surface area contributed by atoms with Gasteiger partial charge in [0, 0.05) is 13.5 Å². The Morgan fingerprint density at radius 1 is 1.07 bits per heavy atom. The van der Waals surface area contributed by atoms with Gasteiger partial charge in [0.25, 0.3) is 0 Å². The fourth-order valence-corrected chi connectivity index (χ4v) is 3.83. The highest BCUT2D eigenvalue weighted by atomic mass is 32.2. The van der Waals surface area contributed by atoms with E-state index in [0.717, 1.165) is 16.7 Å². The van der Waals surface area contributed by atoms with Crippen molar-refractivity contribution in [3.63, 3.8) is 0 Å². The van der Waals surface area contributed by atoms with Crippen LogP contribution in [0.25, 0.3) is 12.2 Å². The molecule has 0 saturated carbocycles. The van der Waals surface area contributed by atoms with Crippen LogP contribution in [0, 0.1) is 13.8 Å². The summed E-state index contributed by atoms with van der Waals surface area (Å²) in [6.07, 6.45) is 3.42. The highest BCUT2D eigenvalue weighted by Gasteiger charge is 2.14. The zero-order valence-corrected chi connectivity index (χ0v) is 17.8. The summed E-state index contributed by atoms with van der Waals surface area (Å²) in [6.45, 7) is 5.31. The maximum atomic E-state index is 12.6. The van der Waals surface area contributed by atoms with Gasteiger partial charge in [0.2, 0.25) is 15.9 Å². The molecule has 8 heteroatoms. The standard InChI is InChI=1S/C22H23N3O4S/c1-15-6-4-5-7-19(15)14-23-30(27,28)20-11-8-18(9-12-20)10-13-21-22(24-17(3)26)16(2)25-29-21/h4-13,23H,14H2,1-3H3,(H,24,26)/b13-10-. The lowest BCUT2D eigenvalue weighted by molar-refractivity contribution is -0.114. The Labute approximate surface area is 175 Å². The Bertz CT molecular complexity index is 1180. The third-order valence-electron chi connectivity index (χ3n) is 4.52. The molecule has 0 bridgehead atoms. The van der Waals surface area contributed by atoms with Crippen molar-refractivity contribution in [2.75, 3.05) is 5.32 Å². The summed E-state index contributed by atoms with van der Waals surface area (Å²) in [5.74, 6) is 0.197. The molecule has 3 aromatic rings. The molecule has 0 saturated heterocycles. The topological polar surface area (TPSA) is 101 Å². The Morgan fingerprint density at radius 3 is 2.43 bits per heavy atom. The molecule has 0 unspecified atom stereocenters. The predicted octanol–water partition coefficient (Wildman–Crippen LogP) is 3.90. The highest BCUT2D eigenvalue weighted by molar-refractivity contribution is 7.89. The molecule has 2 N–H and O–H groups in total. The van der Waals surface area contributed by atoms with Crippen LogP contribution < -0.4 is 10.0 Å². The van der Waals surface area contributed by atoms with E-state index in [1.807, 2.05) is 31.2 Å². The first-order valence-corrected chi connectivity index (χ1v) is 10.8. The van der Waals surface area contributed by atoms with Crippen molar-refractivity contribution in [2.24, 2.45) is 0 Å². The summed E-state index contributed by atoms with van der Waals surface area (Å²) in [4.78, 5) is 11.5. The van der Waals surface area contributed by atoms with Crippen molar-refractivity contribution in [2.45, 2.75) is 32.2 Å². The van der Waals surface area contributed by atoms with Crippen LogP contribution in [0.1, 0.15) is 35.1 Å². The first kappa shape index (κ1) is 21.5. The molecule has 1 amide bonds. The van der Waals surface area contributed by atoms with Crippen molar-refractivity contribution < 1.29 is 17.7 Å². The van der Waals surface area contributed by atoms with E-state index >= 15 is 0 Å². The van der Waals surface area contributed by atoms with E-state index in [4.69, 9.17) is 4.52 Å². The van der Waals surface area contributed by atoms with Gasteiger partial charge in [0.1, 0.15) is 11.4 Å². The van der Waals surface area contributed by atoms with Gasteiger partial charge >= 0.3 is 0 Å².